The van der Waals surface area contributed by atoms with Gasteiger partial charge in [-0.2, -0.15) is 10.1 Å². The number of fused-ring (bicyclic) bond motifs is 1. The van der Waals surface area contributed by atoms with E-state index < -0.39 is 5.41 Å². The van der Waals surface area contributed by atoms with Crippen molar-refractivity contribution < 1.29 is 9.18 Å². The Kier molecular flexibility index (Phi) is 5.58. The summed E-state index contributed by atoms with van der Waals surface area (Å²) in [5.74, 6) is 1.70. The molecule has 10 heteroatoms. The fourth-order valence-electron chi connectivity index (χ4n) is 5.59. The molecule has 1 saturated heterocycles. The molecule has 2 fully saturated rings. The Labute approximate surface area is 208 Å². The van der Waals surface area contributed by atoms with E-state index in [9.17, 15) is 9.18 Å². The van der Waals surface area contributed by atoms with E-state index in [1.54, 1.807) is 16.6 Å². The molecule has 1 saturated carbocycles. The van der Waals surface area contributed by atoms with Crippen LogP contribution in [0.2, 0.25) is 0 Å². The fraction of sp³-hybridized carbons (Fsp3) is 0.385. The minimum atomic E-state index is -0.757. The van der Waals surface area contributed by atoms with E-state index in [1.807, 2.05) is 42.3 Å². The van der Waals surface area contributed by atoms with Gasteiger partial charge in [-0.25, -0.2) is 8.91 Å². The van der Waals surface area contributed by atoms with Crippen LogP contribution in [0.1, 0.15) is 36.9 Å². The van der Waals surface area contributed by atoms with Crippen molar-refractivity contribution in [2.24, 2.45) is 0 Å². The maximum atomic E-state index is 14.8. The first-order valence-corrected chi connectivity index (χ1v) is 12.5. The average molecular weight is 489 g/mol. The number of amides is 1. The SMILES string of the molecule is Cc1cc(Nc2nc(N3CCN(C(=O)C4(c5ccccc5F)CCCC4)CC3)nn3cccc23)n[nH]1. The number of piperazine rings is 1. The van der Waals surface area contributed by atoms with Crippen molar-refractivity contribution in [3.05, 3.63) is 65.7 Å². The number of rotatable bonds is 5. The first-order valence-electron chi connectivity index (χ1n) is 12.5. The fourth-order valence-corrected chi connectivity index (χ4v) is 5.59. The smallest absolute Gasteiger partial charge is 0.245 e. The van der Waals surface area contributed by atoms with Crippen LogP contribution in [-0.4, -0.2) is 61.8 Å². The Hall–Kier alpha value is -3.95. The molecule has 1 amide bonds. The second-order valence-corrected chi connectivity index (χ2v) is 9.71. The van der Waals surface area contributed by atoms with Crippen LogP contribution in [0.25, 0.3) is 5.52 Å². The van der Waals surface area contributed by atoms with Gasteiger partial charge in [-0.1, -0.05) is 31.0 Å². The zero-order chi connectivity index (χ0) is 24.7. The molecule has 0 bridgehead atoms. The third-order valence-corrected chi connectivity index (χ3v) is 7.44. The van der Waals surface area contributed by atoms with E-state index in [1.165, 1.54) is 6.07 Å². The number of carbonyl (C=O) groups excluding carboxylic acids is 1. The summed E-state index contributed by atoms with van der Waals surface area (Å²) in [4.78, 5) is 22.6. The van der Waals surface area contributed by atoms with Crippen molar-refractivity contribution >= 4 is 29.0 Å². The summed E-state index contributed by atoms with van der Waals surface area (Å²) in [5, 5.41) is 15.2. The molecule has 1 aliphatic heterocycles. The quantitative estimate of drug-likeness (QED) is 0.444. The number of H-pyrrole nitrogens is 1. The molecule has 2 N–H and O–H groups in total. The number of aromatic amines is 1. The Balaban J connectivity index is 1.22. The van der Waals surface area contributed by atoms with Crippen LogP contribution >= 0.6 is 0 Å². The van der Waals surface area contributed by atoms with Crippen molar-refractivity contribution in [3.63, 3.8) is 0 Å². The van der Waals surface area contributed by atoms with Crippen molar-refractivity contribution in [1.82, 2.24) is 29.7 Å². The van der Waals surface area contributed by atoms with E-state index in [4.69, 9.17) is 10.1 Å². The van der Waals surface area contributed by atoms with Gasteiger partial charge in [-0.3, -0.25) is 9.89 Å². The lowest BCUT2D eigenvalue weighted by atomic mass is 9.77. The zero-order valence-electron chi connectivity index (χ0n) is 20.2. The van der Waals surface area contributed by atoms with Gasteiger partial charge < -0.3 is 15.1 Å². The number of aromatic nitrogens is 5. The van der Waals surface area contributed by atoms with E-state index in [0.717, 1.165) is 24.1 Å². The molecule has 9 nitrogen and oxygen atoms in total. The van der Waals surface area contributed by atoms with Gasteiger partial charge >= 0.3 is 0 Å². The highest BCUT2D eigenvalue weighted by Crippen LogP contribution is 2.43. The third-order valence-electron chi connectivity index (χ3n) is 7.44. The van der Waals surface area contributed by atoms with Crippen molar-refractivity contribution in [2.45, 2.75) is 38.0 Å². The minimum Gasteiger partial charge on any atom is -0.338 e. The molecular weight excluding hydrogens is 459 g/mol. The van der Waals surface area contributed by atoms with Crippen molar-refractivity contribution in [3.8, 4) is 0 Å². The van der Waals surface area contributed by atoms with Gasteiger partial charge in [0.1, 0.15) is 11.3 Å². The van der Waals surface area contributed by atoms with E-state index in [-0.39, 0.29) is 11.7 Å². The van der Waals surface area contributed by atoms with Crippen LogP contribution in [0.5, 0.6) is 0 Å². The predicted octanol–water partition coefficient (Wildman–Crippen LogP) is 3.80. The molecule has 6 rings (SSSR count). The summed E-state index contributed by atoms with van der Waals surface area (Å²) in [6, 6.07) is 12.5. The molecule has 2 aliphatic rings. The topological polar surface area (TPSA) is 94.5 Å². The van der Waals surface area contributed by atoms with Crippen LogP contribution < -0.4 is 10.2 Å². The van der Waals surface area contributed by atoms with Gasteiger partial charge in [-0.15, -0.1) is 5.10 Å². The molecule has 186 valence electrons. The summed E-state index contributed by atoms with van der Waals surface area (Å²) in [7, 11) is 0. The molecule has 1 aromatic carbocycles. The molecular formula is C26H29FN8O. The summed E-state index contributed by atoms with van der Waals surface area (Å²) in [6.45, 7) is 4.24. The lowest BCUT2D eigenvalue weighted by Crippen LogP contribution is -2.54. The predicted molar refractivity (Wildman–Crippen MR) is 135 cm³/mol. The third kappa shape index (κ3) is 3.86. The van der Waals surface area contributed by atoms with Gasteiger partial charge in [0.15, 0.2) is 11.6 Å². The molecule has 3 aromatic heterocycles. The maximum absolute atomic E-state index is 14.8. The molecule has 0 atom stereocenters. The highest BCUT2D eigenvalue weighted by molar-refractivity contribution is 5.89. The maximum Gasteiger partial charge on any atom is 0.245 e. The number of nitrogens with zero attached hydrogens (tertiary/aromatic N) is 6. The summed E-state index contributed by atoms with van der Waals surface area (Å²) < 4.78 is 16.6. The highest BCUT2D eigenvalue weighted by Gasteiger charge is 2.46. The summed E-state index contributed by atoms with van der Waals surface area (Å²) in [6.07, 6.45) is 5.16. The first-order chi connectivity index (χ1) is 17.5. The van der Waals surface area contributed by atoms with Gasteiger partial charge in [0.25, 0.3) is 0 Å². The number of benzene rings is 1. The highest BCUT2D eigenvalue weighted by atomic mass is 19.1. The molecule has 4 aromatic rings. The lowest BCUT2D eigenvalue weighted by molar-refractivity contribution is -0.137. The number of anilines is 3. The van der Waals surface area contributed by atoms with Gasteiger partial charge in [0, 0.05) is 49.7 Å². The Bertz CT molecular complexity index is 1400. The molecule has 4 heterocycles. The number of aryl methyl sites for hydroxylation is 1. The van der Waals surface area contributed by atoms with Gasteiger partial charge in [0.2, 0.25) is 11.9 Å². The number of carbonyl (C=O) groups is 1. The van der Waals surface area contributed by atoms with Crippen LogP contribution in [-0.2, 0) is 10.2 Å². The number of halogens is 1. The van der Waals surface area contributed by atoms with Gasteiger partial charge in [0.05, 0.1) is 5.41 Å². The zero-order valence-corrected chi connectivity index (χ0v) is 20.2. The summed E-state index contributed by atoms with van der Waals surface area (Å²) >= 11 is 0. The largest absolute Gasteiger partial charge is 0.338 e. The average Bonchev–Trinajstić information content (AvgIpc) is 3.66. The number of hydrogen-bond donors (Lipinski definition) is 2. The van der Waals surface area contributed by atoms with Crippen LogP contribution in [0.3, 0.4) is 0 Å². The Morgan fingerprint density at radius 1 is 1.08 bits per heavy atom. The Morgan fingerprint density at radius 3 is 2.58 bits per heavy atom. The number of hydrogen-bond acceptors (Lipinski definition) is 6. The van der Waals surface area contributed by atoms with E-state index in [0.29, 0.717) is 62.2 Å². The van der Waals surface area contributed by atoms with Crippen molar-refractivity contribution in [2.75, 3.05) is 36.4 Å². The van der Waals surface area contributed by atoms with Crippen LogP contribution in [0, 0.1) is 12.7 Å². The molecule has 36 heavy (non-hydrogen) atoms. The lowest BCUT2D eigenvalue weighted by Gasteiger charge is -2.40. The molecule has 0 spiro atoms. The van der Waals surface area contributed by atoms with E-state index >= 15 is 0 Å². The Morgan fingerprint density at radius 2 is 1.86 bits per heavy atom. The normalized spacial score (nSPS) is 17.6. The monoisotopic (exact) mass is 488 g/mol. The molecule has 1 aliphatic carbocycles. The summed E-state index contributed by atoms with van der Waals surface area (Å²) in [5.41, 5.74) is 1.59. The molecule has 0 radical (unpaired) electrons. The number of nitrogens with one attached hydrogen (secondary N) is 2. The van der Waals surface area contributed by atoms with Gasteiger partial charge in [-0.05, 0) is 38.0 Å². The first kappa shape index (κ1) is 22.5. The van der Waals surface area contributed by atoms with Crippen LogP contribution in [0.15, 0.2) is 48.7 Å². The standard InChI is InChI=1S/C26H29FN8O/c1-18-17-22(31-30-18)28-23-21-9-6-12-35(21)32-25(29-23)34-15-13-33(14-16-34)24(36)26(10-4-5-11-26)19-7-2-3-8-20(19)27/h2-3,6-9,12,17H,4-5,10-11,13-16H2,1H3,(H2,28,29,30,31,32). The van der Waals surface area contributed by atoms with E-state index in [2.05, 4.69) is 20.4 Å². The van der Waals surface area contributed by atoms with Crippen LogP contribution in [0.4, 0.5) is 22.0 Å². The van der Waals surface area contributed by atoms with Crippen molar-refractivity contribution in [1.29, 1.82) is 0 Å². The molecule has 0 unspecified atom stereocenters. The minimum absolute atomic E-state index is 0.0442. The second kappa shape index (κ2) is 8.92. The second-order valence-electron chi connectivity index (χ2n) is 9.71.